The van der Waals surface area contributed by atoms with E-state index in [0.29, 0.717) is 26.2 Å². The van der Waals surface area contributed by atoms with Crippen molar-refractivity contribution in [1.29, 1.82) is 0 Å². The molecule has 0 aromatic carbocycles. The van der Waals surface area contributed by atoms with Crippen LogP contribution in [0.3, 0.4) is 0 Å². The summed E-state index contributed by atoms with van der Waals surface area (Å²) >= 11 is 0. The van der Waals surface area contributed by atoms with Gasteiger partial charge in [0.25, 0.3) is 0 Å². The number of aliphatic carboxylic acids is 2. The summed E-state index contributed by atoms with van der Waals surface area (Å²) < 4.78 is 0. The zero-order valence-electron chi connectivity index (χ0n) is 7.77. The highest BCUT2D eigenvalue weighted by molar-refractivity contribution is 5.74. The van der Waals surface area contributed by atoms with Crippen LogP contribution in [0, 0.1) is 0 Å². The molecule has 6 nitrogen and oxygen atoms in total. The first kappa shape index (κ1) is 10.9. The van der Waals surface area contributed by atoms with Crippen molar-refractivity contribution in [3.8, 4) is 0 Å². The van der Waals surface area contributed by atoms with Crippen LogP contribution in [-0.2, 0) is 9.59 Å². The molecular formula is C8H14N2O4. The number of carboxylic acids is 2. The fraction of sp³-hybridized carbons (Fsp3) is 0.750. The van der Waals surface area contributed by atoms with Gasteiger partial charge in [-0.05, 0) is 0 Å². The molecule has 1 saturated heterocycles. The number of hydrogen-bond acceptors (Lipinski definition) is 4. The molecule has 1 rings (SSSR count). The molecule has 1 atom stereocenters. The zero-order valence-corrected chi connectivity index (χ0v) is 7.77. The highest BCUT2D eigenvalue weighted by atomic mass is 16.4. The van der Waals surface area contributed by atoms with Gasteiger partial charge < -0.3 is 15.5 Å². The summed E-state index contributed by atoms with van der Waals surface area (Å²) in [5, 5.41) is 20.3. The Bertz CT molecular complexity index is 231. The molecule has 3 N–H and O–H groups in total. The van der Waals surface area contributed by atoms with Gasteiger partial charge in [-0.1, -0.05) is 0 Å². The Morgan fingerprint density at radius 3 is 2.71 bits per heavy atom. The van der Waals surface area contributed by atoms with Gasteiger partial charge in [-0.15, -0.1) is 0 Å². The van der Waals surface area contributed by atoms with Crippen molar-refractivity contribution in [2.45, 2.75) is 12.5 Å². The third-order valence-corrected chi connectivity index (χ3v) is 2.25. The van der Waals surface area contributed by atoms with E-state index in [4.69, 9.17) is 10.2 Å². The highest BCUT2D eigenvalue weighted by Gasteiger charge is 2.27. The van der Waals surface area contributed by atoms with Crippen molar-refractivity contribution in [2.24, 2.45) is 0 Å². The minimum Gasteiger partial charge on any atom is -0.481 e. The van der Waals surface area contributed by atoms with E-state index in [2.05, 4.69) is 5.32 Å². The molecule has 6 heteroatoms. The fourth-order valence-corrected chi connectivity index (χ4v) is 1.50. The van der Waals surface area contributed by atoms with Gasteiger partial charge in [0.15, 0.2) is 0 Å². The maximum Gasteiger partial charge on any atom is 0.322 e. The van der Waals surface area contributed by atoms with Gasteiger partial charge >= 0.3 is 11.9 Å². The zero-order chi connectivity index (χ0) is 10.6. The van der Waals surface area contributed by atoms with Crippen LogP contribution in [0.15, 0.2) is 0 Å². The number of hydrogen-bond donors (Lipinski definition) is 3. The Kier molecular flexibility index (Phi) is 3.84. The predicted octanol–water partition coefficient (Wildman–Crippen LogP) is -1.18. The smallest absolute Gasteiger partial charge is 0.322 e. The van der Waals surface area contributed by atoms with Crippen molar-refractivity contribution in [3.63, 3.8) is 0 Å². The van der Waals surface area contributed by atoms with Crippen LogP contribution < -0.4 is 5.32 Å². The quantitative estimate of drug-likeness (QED) is 0.531. The monoisotopic (exact) mass is 202 g/mol. The van der Waals surface area contributed by atoms with Gasteiger partial charge in [-0.3, -0.25) is 14.5 Å². The van der Waals surface area contributed by atoms with Gasteiger partial charge in [-0.25, -0.2) is 0 Å². The standard InChI is InChI=1S/C8H14N2O4/c11-7(12)1-3-10-4-2-9-5-6(10)8(13)14/h6,9H,1-5H2,(H,11,12)(H,13,14). The molecule has 0 saturated carbocycles. The summed E-state index contributed by atoms with van der Waals surface area (Å²) in [6, 6.07) is -0.594. The van der Waals surface area contributed by atoms with Crippen LogP contribution in [0.5, 0.6) is 0 Å². The molecule has 14 heavy (non-hydrogen) atoms. The molecule has 0 amide bonds. The number of nitrogens with zero attached hydrogens (tertiary/aromatic N) is 1. The maximum absolute atomic E-state index is 10.8. The summed E-state index contributed by atoms with van der Waals surface area (Å²) in [6.45, 7) is 1.98. The van der Waals surface area contributed by atoms with Gasteiger partial charge in [-0.2, -0.15) is 0 Å². The summed E-state index contributed by atoms with van der Waals surface area (Å²) in [7, 11) is 0. The normalized spacial score (nSPS) is 23.3. The second kappa shape index (κ2) is 4.92. The molecular weight excluding hydrogens is 188 g/mol. The van der Waals surface area contributed by atoms with Crippen LogP contribution in [0.25, 0.3) is 0 Å². The second-order valence-electron chi connectivity index (χ2n) is 3.24. The molecule has 0 aromatic heterocycles. The lowest BCUT2D eigenvalue weighted by atomic mass is 10.2. The Morgan fingerprint density at radius 1 is 1.43 bits per heavy atom. The van der Waals surface area contributed by atoms with Crippen LogP contribution in [0.4, 0.5) is 0 Å². The predicted molar refractivity (Wildman–Crippen MR) is 48.1 cm³/mol. The van der Waals surface area contributed by atoms with E-state index >= 15 is 0 Å². The van der Waals surface area contributed by atoms with E-state index in [0.717, 1.165) is 0 Å². The molecule has 1 heterocycles. The lowest BCUT2D eigenvalue weighted by Crippen LogP contribution is -2.55. The van der Waals surface area contributed by atoms with Crippen LogP contribution in [0.1, 0.15) is 6.42 Å². The fourth-order valence-electron chi connectivity index (χ4n) is 1.50. The van der Waals surface area contributed by atoms with Crippen molar-refractivity contribution < 1.29 is 19.8 Å². The number of rotatable bonds is 4. The first-order valence-electron chi connectivity index (χ1n) is 4.50. The molecule has 0 aliphatic carbocycles. The molecule has 0 bridgehead atoms. The summed E-state index contributed by atoms with van der Waals surface area (Å²) in [5.41, 5.74) is 0. The van der Waals surface area contributed by atoms with Crippen molar-refractivity contribution >= 4 is 11.9 Å². The summed E-state index contributed by atoms with van der Waals surface area (Å²) in [4.78, 5) is 22.8. The molecule has 1 fully saturated rings. The minimum atomic E-state index is -0.900. The topological polar surface area (TPSA) is 89.9 Å². The lowest BCUT2D eigenvalue weighted by molar-refractivity contribution is -0.145. The minimum absolute atomic E-state index is 0.0101. The van der Waals surface area contributed by atoms with E-state index in [1.807, 2.05) is 0 Å². The van der Waals surface area contributed by atoms with Crippen LogP contribution >= 0.6 is 0 Å². The lowest BCUT2D eigenvalue weighted by Gasteiger charge is -2.32. The molecule has 0 radical (unpaired) electrons. The van der Waals surface area contributed by atoms with E-state index in [1.54, 1.807) is 4.90 Å². The first-order valence-corrected chi connectivity index (χ1v) is 4.50. The summed E-state index contributed by atoms with van der Waals surface area (Å²) in [5.74, 6) is -1.80. The molecule has 0 spiro atoms. The van der Waals surface area contributed by atoms with E-state index in [-0.39, 0.29) is 6.42 Å². The molecule has 1 unspecified atom stereocenters. The van der Waals surface area contributed by atoms with E-state index < -0.39 is 18.0 Å². The third-order valence-electron chi connectivity index (χ3n) is 2.25. The number of piperazine rings is 1. The molecule has 0 aromatic rings. The molecule has 1 aliphatic heterocycles. The van der Waals surface area contributed by atoms with Gasteiger partial charge in [0.1, 0.15) is 6.04 Å². The Balaban J connectivity index is 2.45. The Morgan fingerprint density at radius 2 is 2.14 bits per heavy atom. The van der Waals surface area contributed by atoms with Crippen LogP contribution in [-0.4, -0.2) is 59.3 Å². The highest BCUT2D eigenvalue weighted by Crippen LogP contribution is 2.04. The average molecular weight is 202 g/mol. The average Bonchev–Trinajstić information content (AvgIpc) is 2.15. The molecule has 80 valence electrons. The van der Waals surface area contributed by atoms with Crippen molar-refractivity contribution in [1.82, 2.24) is 10.2 Å². The summed E-state index contributed by atoms with van der Waals surface area (Å²) in [6.07, 6.45) is -0.0101. The number of nitrogens with one attached hydrogen (secondary N) is 1. The maximum atomic E-state index is 10.8. The third kappa shape index (κ3) is 2.97. The first-order chi connectivity index (χ1) is 6.61. The van der Waals surface area contributed by atoms with Crippen molar-refractivity contribution in [2.75, 3.05) is 26.2 Å². The van der Waals surface area contributed by atoms with Gasteiger partial charge in [0.2, 0.25) is 0 Å². The Labute approximate surface area is 81.5 Å². The number of carbonyl (C=O) groups is 2. The van der Waals surface area contributed by atoms with Gasteiger partial charge in [0, 0.05) is 26.2 Å². The van der Waals surface area contributed by atoms with E-state index in [1.165, 1.54) is 0 Å². The number of carboxylic acid groups (broad SMARTS) is 2. The second-order valence-corrected chi connectivity index (χ2v) is 3.24. The van der Waals surface area contributed by atoms with Gasteiger partial charge in [0.05, 0.1) is 6.42 Å². The van der Waals surface area contributed by atoms with E-state index in [9.17, 15) is 9.59 Å². The largest absolute Gasteiger partial charge is 0.481 e. The Hall–Kier alpha value is -1.14. The molecule has 1 aliphatic rings. The van der Waals surface area contributed by atoms with Crippen molar-refractivity contribution in [3.05, 3.63) is 0 Å². The SMILES string of the molecule is O=C(O)CCN1CCNCC1C(=O)O. The van der Waals surface area contributed by atoms with Crippen LogP contribution in [0.2, 0.25) is 0 Å².